The zero-order valence-corrected chi connectivity index (χ0v) is 18.1. The van der Waals surface area contributed by atoms with E-state index in [0.29, 0.717) is 60.8 Å². The minimum atomic E-state index is -0.774. The molecule has 1 aromatic heterocycles. The van der Waals surface area contributed by atoms with Crippen LogP contribution in [0.3, 0.4) is 0 Å². The molecule has 2 atom stereocenters. The highest BCUT2D eigenvalue weighted by Crippen LogP contribution is 2.38. The summed E-state index contributed by atoms with van der Waals surface area (Å²) in [6.45, 7) is 2.24. The van der Waals surface area contributed by atoms with Crippen LogP contribution in [0.2, 0.25) is 5.02 Å². The van der Waals surface area contributed by atoms with E-state index >= 15 is 0 Å². The van der Waals surface area contributed by atoms with Crippen molar-refractivity contribution in [1.82, 2.24) is 9.88 Å². The van der Waals surface area contributed by atoms with Crippen LogP contribution in [0, 0.1) is 0 Å². The number of aliphatic hydroxyl groups excluding tert-OH is 2. The smallest absolute Gasteiger partial charge is 0.272 e. The minimum Gasteiger partial charge on any atom is -0.489 e. The number of ether oxygens (including phenoxy) is 2. The summed E-state index contributed by atoms with van der Waals surface area (Å²) >= 11 is 6.05. The summed E-state index contributed by atoms with van der Waals surface area (Å²) < 4.78 is 11.8. The molecule has 2 unspecified atom stereocenters. The Morgan fingerprint density at radius 1 is 1.12 bits per heavy atom. The normalized spacial score (nSPS) is 21.0. The first-order chi connectivity index (χ1) is 15.5. The summed E-state index contributed by atoms with van der Waals surface area (Å²) in [5.74, 6) is 0.917. The van der Waals surface area contributed by atoms with Crippen molar-refractivity contribution in [3.63, 3.8) is 0 Å². The van der Waals surface area contributed by atoms with E-state index in [0.717, 1.165) is 22.9 Å². The van der Waals surface area contributed by atoms with Crippen molar-refractivity contribution in [2.45, 2.75) is 25.2 Å². The van der Waals surface area contributed by atoms with E-state index < -0.39 is 12.2 Å². The lowest BCUT2D eigenvalue weighted by Gasteiger charge is -2.20. The Hall–Kier alpha value is -2.78. The molecule has 1 saturated heterocycles. The molecule has 0 aliphatic carbocycles. The maximum Gasteiger partial charge on any atom is 0.272 e. The van der Waals surface area contributed by atoms with Gasteiger partial charge < -0.3 is 30.0 Å². The lowest BCUT2D eigenvalue weighted by Crippen LogP contribution is -2.22. The number of β-amino-alcohol motifs (C(OH)–C–C–N with tert-alkyl or cyclic N) is 2. The number of amides is 1. The number of benzene rings is 2. The number of H-pyrrole nitrogens is 1. The second-order valence-corrected chi connectivity index (χ2v) is 8.65. The van der Waals surface area contributed by atoms with Gasteiger partial charge in [-0.15, -0.1) is 0 Å². The fourth-order valence-corrected chi connectivity index (χ4v) is 4.36. The van der Waals surface area contributed by atoms with Crippen molar-refractivity contribution in [1.29, 1.82) is 0 Å². The fourth-order valence-electron chi connectivity index (χ4n) is 4.18. The summed E-state index contributed by atoms with van der Waals surface area (Å²) in [6.07, 6.45) is -0.789. The second kappa shape index (κ2) is 8.63. The molecule has 8 nitrogen and oxygen atoms in total. The zero-order chi connectivity index (χ0) is 22.2. The maximum absolute atomic E-state index is 12.9. The molecule has 2 aromatic carbocycles. The van der Waals surface area contributed by atoms with Gasteiger partial charge in [-0.25, -0.2) is 0 Å². The van der Waals surface area contributed by atoms with Gasteiger partial charge in [-0.05, 0) is 30.3 Å². The van der Waals surface area contributed by atoms with Crippen molar-refractivity contribution in [3.05, 3.63) is 52.7 Å². The number of aliphatic hydroxyl groups is 2. The number of aromatic nitrogens is 1. The summed E-state index contributed by atoms with van der Waals surface area (Å²) in [5.41, 5.74) is 2.64. The van der Waals surface area contributed by atoms with Crippen LogP contribution < -0.4 is 14.8 Å². The standard InChI is InChI=1S/C23H24ClN3O5/c24-15-2-3-17-13(6-15)8-18(26-17)23(30)25-16-7-14(10-27-11-19(28)20(29)12-27)22-21(9-16)31-4-1-5-32-22/h2-3,6-9,19-20,26,28-29H,1,4-5,10-12H2,(H,25,30). The molecule has 0 bridgehead atoms. The Kier molecular flexibility index (Phi) is 5.69. The van der Waals surface area contributed by atoms with E-state index in [1.165, 1.54) is 0 Å². The van der Waals surface area contributed by atoms with Gasteiger partial charge in [0.2, 0.25) is 0 Å². The van der Waals surface area contributed by atoms with Gasteiger partial charge in [0.25, 0.3) is 5.91 Å². The van der Waals surface area contributed by atoms with Crippen LogP contribution >= 0.6 is 11.6 Å². The number of rotatable bonds is 4. The molecular formula is C23H24ClN3O5. The predicted molar refractivity (Wildman–Crippen MR) is 121 cm³/mol. The fraction of sp³-hybridized carbons (Fsp3) is 0.348. The maximum atomic E-state index is 12.9. The van der Waals surface area contributed by atoms with Crippen molar-refractivity contribution in [2.75, 3.05) is 31.6 Å². The Bertz CT molecular complexity index is 1150. The Balaban J connectivity index is 1.42. The molecule has 4 N–H and O–H groups in total. The number of hydrogen-bond donors (Lipinski definition) is 4. The molecule has 3 heterocycles. The average Bonchev–Trinajstić information content (AvgIpc) is 3.21. The van der Waals surface area contributed by atoms with Crippen molar-refractivity contribution in [2.24, 2.45) is 0 Å². The van der Waals surface area contributed by atoms with E-state index in [1.807, 2.05) is 17.0 Å². The molecule has 2 aliphatic rings. The summed E-state index contributed by atoms with van der Waals surface area (Å²) in [4.78, 5) is 18.0. The van der Waals surface area contributed by atoms with E-state index in [1.54, 1.807) is 24.3 Å². The number of aromatic amines is 1. The van der Waals surface area contributed by atoms with Crippen LogP contribution in [0.25, 0.3) is 10.9 Å². The molecule has 1 fully saturated rings. The minimum absolute atomic E-state index is 0.287. The largest absolute Gasteiger partial charge is 0.489 e. The van der Waals surface area contributed by atoms with Crippen molar-refractivity contribution in [3.8, 4) is 11.5 Å². The number of anilines is 1. The van der Waals surface area contributed by atoms with Crippen LogP contribution in [0.15, 0.2) is 36.4 Å². The molecule has 9 heteroatoms. The molecule has 0 radical (unpaired) electrons. The van der Waals surface area contributed by atoms with Gasteiger partial charge in [-0.1, -0.05) is 11.6 Å². The number of hydrogen-bond acceptors (Lipinski definition) is 6. The van der Waals surface area contributed by atoms with Gasteiger partial charge in [0.05, 0.1) is 25.4 Å². The molecule has 1 amide bonds. The highest BCUT2D eigenvalue weighted by Gasteiger charge is 2.30. The van der Waals surface area contributed by atoms with Crippen LogP contribution in [-0.4, -0.2) is 64.5 Å². The first-order valence-corrected chi connectivity index (χ1v) is 10.9. The van der Waals surface area contributed by atoms with E-state index in [4.69, 9.17) is 21.1 Å². The third-order valence-corrected chi connectivity index (χ3v) is 5.97. The molecule has 0 saturated carbocycles. The number of carbonyl (C=O) groups excluding carboxylic acids is 1. The molecule has 32 heavy (non-hydrogen) atoms. The summed E-state index contributed by atoms with van der Waals surface area (Å²) in [7, 11) is 0. The third kappa shape index (κ3) is 4.27. The summed E-state index contributed by atoms with van der Waals surface area (Å²) in [5, 5.41) is 24.2. The second-order valence-electron chi connectivity index (χ2n) is 8.21. The van der Waals surface area contributed by atoms with Crippen LogP contribution in [0.4, 0.5) is 5.69 Å². The topological polar surface area (TPSA) is 107 Å². The Morgan fingerprint density at radius 3 is 2.72 bits per heavy atom. The van der Waals surface area contributed by atoms with E-state index in [2.05, 4.69) is 10.3 Å². The predicted octanol–water partition coefficient (Wildman–Crippen LogP) is 2.77. The van der Waals surface area contributed by atoms with Gasteiger partial charge in [0.15, 0.2) is 11.5 Å². The zero-order valence-electron chi connectivity index (χ0n) is 17.3. The first-order valence-electron chi connectivity index (χ1n) is 10.6. The molecule has 168 valence electrons. The van der Waals surface area contributed by atoms with Gasteiger partial charge in [-0.2, -0.15) is 0 Å². The van der Waals surface area contributed by atoms with Gasteiger partial charge in [0.1, 0.15) is 5.69 Å². The number of fused-ring (bicyclic) bond motifs is 2. The van der Waals surface area contributed by atoms with Crippen LogP contribution in [0.5, 0.6) is 11.5 Å². The van der Waals surface area contributed by atoms with E-state index in [9.17, 15) is 15.0 Å². The lowest BCUT2D eigenvalue weighted by molar-refractivity contribution is 0.0572. The number of likely N-dealkylation sites (tertiary alicyclic amines) is 1. The van der Waals surface area contributed by atoms with E-state index in [-0.39, 0.29) is 5.91 Å². The number of carbonyl (C=O) groups is 1. The lowest BCUT2D eigenvalue weighted by atomic mass is 10.1. The number of halogens is 1. The van der Waals surface area contributed by atoms with Gasteiger partial charge in [0, 0.05) is 59.3 Å². The highest BCUT2D eigenvalue weighted by atomic mass is 35.5. The van der Waals surface area contributed by atoms with Gasteiger partial charge >= 0.3 is 0 Å². The SMILES string of the molecule is O=C(Nc1cc(CN2CC(O)C(O)C2)c2c(c1)OCCCO2)c1cc2cc(Cl)ccc2[nH]1. The quantitative estimate of drug-likeness (QED) is 0.480. The van der Waals surface area contributed by atoms with Gasteiger partial charge in [-0.3, -0.25) is 9.69 Å². The molecule has 3 aromatic rings. The Morgan fingerprint density at radius 2 is 1.91 bits per heavy atom. The highest BCUT2D eigenvalue weighted by molar-refractivity contribution is 6.31. The Labute approximate surface area is 189 Å². The molecular weight excluding hydrogens is 434 g/mol. The van der Waals surface area contributed by atoms with Crippen LogP contribution in [-0.2, 0) is 6.54 Å². The first kappa shape index (κ1) is 21.1. The monoisotopic (exact) mass is 457 g/mol. The summed E-state index contributed by atoms with van der Waals surface area (Å²) in [6, 6.07) is 10.8. The molecule has 2 aliphatic heterocycles. The third-order valence-electron chi connectivity index (χ3n) is 5.74. The van der Waals surface area contributed by atoms with Crippen molar-refractivity contribution >= 4 is 34.1 Å². The van der Waals surface area contributed by atoms with Crippen molar-refractivity contribution < 1.29 is 24.5 Å². The number of nitrogens with zero attached hydrogens (tertiary/aromatic N) is 1. The average molecular weight is 458 g/mol. The number of nitrogens with one attached hydrogen (secondary N) is 2. The van der Waals surface area contributed by atoms with Crippen LogP contribution in [0.1, 0.15) is 22.5 Å². The molecule has 0 spiro atoms. The molecule has 5 rings (SSSR count).